The molecule has 0 aromatic heterocycles. The van der Waals surface area contributed by atoms with Gasteiger partial charge in [0.15, 0.2) is 0 Å². The summed E-state index contributed by atoms with van der Waals surface area (Å²) in [5, 5.41) is 9.81. The zero-order chi connectivity index (χ0) is 23.1. The first-order valence-corrected chi connectivity index (χ1v) is 12.1. The zero-order valence-corrected chi connectivity index (χ0v) is 21.7. The Morgan fingerprint density at radius 1 is 1.42 bits per heavy atom. The van der Waals surface area contributed by atoms with Crippen LogP contribution >= 0.6 is 22.6 Å². The van der Waals surface area contributed by atoms with E-state index in [-0.39, 0.29) is 26.4 Å². The summed E-state index contributed by atoms with van der Waals surface area (Å²) in [5.74, 6) is -0.212. The number of allylic oxidation sites excluding steroid dienone is 4. The van der Waals surface area contributed by atoms with Gasteiger partial charge in [-0.25, -0.2) is 0 Å². The van der Waals surface area contributed by atoms with Gasteiger partial charge in [-0.05, 0) is 24.3 Å². The molecule has 0 bridgehead atoms. The fourth-order valence-electron chi connectivity index (χ4n) is 4.04. The highest BCUT2D eigenvalue weighted by molar-refractivity contribution is 14.1. The fourth-order valence-corrected chi connectivity index (χ4v) is 4.43. The Labute approximate surface area is 201 Å². The van der Waals surface area contributed by atoms with Gasteiger partial charge in [0.2, 0.25) is 0 Å². The molecule has 0 radical (unpaired) electrons. The summed E-state index contributed by atoms with van der Waals surface area (Å²) in [6.07, 6.45) is 14.2. The molecule has 1 aliphatic carbocycles. The maximum absolute atomic E-state index is 13.3. The molecule has 2 unspecified atom stereocenters. The van der Waals surface area contributed by atoms with Gasteiger partial charge in [-0.2, -0.15) is 5.26 Å². The second-order valence-electron chi connectivity index (χ2n) is 9.28. The molecule has 5 nitrogen and oxygen atoms in total. The average molecular weight is 537 g/mol. The van der Waals surface area contributed by atoms with Crippen molar-refractivity contribution in [3.63, 3.8) is 0 Å². The summed E-state index contributed by atoms with van der Waals surface area (Å²) in [7, 11) is 1.81. The van der Waals surface area contributed by atoms with E-state index in [0.717, 1.165) is 51.3 Å². The van der Waals surface area contributed by atoms with Crippen LogP contribution in [0, 0.1) is 16.7 Å². The normalized spacial score (nSPS) is 23.6. The molecule has 0 N–H and O–H groups in total. The van der Waals surface area contributed by atoms with Crippen LogP contribution in [0.4, 0.5) is 0 Å². The standard InChI is InChI=1S/C25H36IN3O2/c1-6-8-22(20-9-7-11-25(4,26)12-10-20)28(5)23(30)21(18-27)17-24(2,3)19-29-13-15-31-16-14-29/h7,9-12,17,22H,6,8,13-16,19H2,1-5H3/b21-17+. The van der Waals surface area contributed by atoms with Crippen molar-refractivity contribution < 1.29 is 9.53 Å². The number of amides is 1. The molecule has 1 saturated heterocycles. The third-order valence-corrected chi connectivity index (χ3v) is 6.39. The molecule has 0 aromatic rings. The second kappa shape index (κ2) is 11.4. The van der Waals surface area contributed by atoms with Gasteiger partial charge in [0.05, 0.1) is 22.7 Å². The van der Waals surface area contributed by atoms with E-state index in [9.17, 15) is 10.1 Å². The third kappa shape index (κ3) is 7.89. The molecule has 170 valence electrons. The number of carbonyl (C=O) groups is 1. The summed E-state index contributed by atoms with van der Waals surface area (Å²) < 4.78 is 5.38. The summed E-state index contributed by atoms with van der Waals surface area (Å²) in [5.41, 5.74) is 1.03. The number of alkyl halides is 1. The topological polar surface area (TPSA) is 56.6 Å². The fraction of sp³-hybridized carbons (Fsp3) is 0.600. The van der Waals surface area contributed by atoms with Gasteiger partial charge in [0.25, 0.3) is 5.91 Å². The molecule has 1 fully saturated rings. The van der Waals surface area contributed by atoms with Crippen molar-refractivity contribution in [1.82, 2.24) is 9.80 Å². The molecule has 1 heterocycles. The molecule has 2 atom stereocenters. The van der Waals surface area contributed by atoms with Crippen molar-refractivity contribution >= 4 is 28.5 Å². The SMILES string of the molecule is CCCC(C1=CC=CC(C)(I)C=C1)N(C)C(=O)/C(C#N)=C/C(C)(C)CN1CCOCC1. The first-order valence-electron chi connectivity index (χ1n) is 11.1. The van der Waals surface area contributed by atoms with Crippen LogP contribution in [-0.2, 0) is 9.53 Å². The maximum Gasteiger partial charge on any atom is 0.264 e. The summed E-state index contributed by atoms with van der Waals surface area (Å²) >= 11 is 2.40. The predicted molar refractivity (Wildman–Crippen MR) is 135 cm³/mol. The van der Waals surface area contributed by atoms with Crippen molar-refractivity contribution in [3.8, 4) is 6.07 Å². The highest BCUT2D eigenvalue weighted by atomic mass is 127. The number of nitrogens with zero attached hydrogens (tertiary/aromatic N) is 3. The van der Waals surface area contributed by atoms with E-state index in [1.165, 1.54) is 0 Å². The number of rotatable bonds is 8. The average Bonchev–Trinajstić information content (AvgIpc) is 2.90. The van der Waals surface area contributed by atoms with Gasteiger partial charge >= 0.3 is 0 Å². The maximum atomic E-state index is 13.3. The van der Waals surface area contributed by atoms with Crippen molar-refractivity contribution in [3.05, 3.63) is 47.6 Å². The molecule has 0 saturated carbocycles. The van der Waals surface area contributed by atoms with Crippen LogP contribution in [0.15, 0.2) is 47.6 Å². The second-order valence-corrected chi connectivity index (χ2v) is 11.6. The number of hydrogen-bond acceptors (Lipinski definition) is 4. The number of nitriles is 1. The lowest BCUT2D eigenvalue weighted by atomic mass is 9.89. The monoisotopic (exact) mass is 537 g/mol. The summed E-state index contributed by atoms with van der Waals surface area (Å²) in [6.45, 7) is 12.5. The lowest BCUT2D eigenvalue weighted by molar-refractivity contribution is -0.127. The zero-order valence-electron chi connectivity index (χ0n) is 19.5. The van der Waals surface area contributed by atoms with Gasteiger partial charge in [0.1, 0.15) is 11.6 Å². The van der Waals surface area contributed by atoms with Gasteiger partial charge in [-0.1, -0.05) is 86.2 Å². The Kier molecular flexibility index (Phi) is 9.53. The van der Waals surface area contributed by atoms with Crippen LogP contribution in [0.25, 0.3) is 0 Å². The van der Waals surface area contributed by atoms with E-state index in [0.29, 0.717) is 0 Å². The van der Waals surface area contributed by atoms with Crippen LogP contribution in [0.3, 0.4) is 0 Å². The Morgan fingerprint density at radius 3 is 2.71 bits per heavy atom. The molecule has 1 aliphatic heterocycles. The number of hydrogen-bond donors (Lipinski definition) is 0. The molecule has 0 spiro atoms. The minimum absolute atomic E-state index is 0.0451. The van der Waals surface area contributed by atoms with Crippen molar-refractivity contribution in [2.24, 2.45) is 5.41 Å². The summed E-state index contributed by atoms with van der Waals surface area (Å²) in [6, 6.07) is 2.11. The van der Waals surface area contributed by atoms with Gasteiger partial charge in [-0.15, -0.1) is 0 Å². The van der Waals surface area contributed by atoms with Crippen LogP contribution in [0.5, 0.6) is 0 Å². The van der Waals surface area contributed by atoms with Crippen LogP contribution in [0.2, 0.25) is 0 Å². The van der Waals surface area contributed by atoms with E-state index in [1.807, 2.05) is 13.1 Å². The van der Waals surface area contributed by atoms with E-state index >= 15 is 0 Å². The number of carbonyl (C=O) groups excluding carboxylic acids is 1. The van der Waals surface area contributed by atoms with Crippen LogP contribution < -0.4 is 0 Å². The molecular formula is C25H36IN3O2. The first-order chi connectivity index (χ1) is 14.6. The molecule has 2 aliphatic rings. The third-order valence-electron chi connectivity index (χ3n) is 5.67. The predicted octanol–water partition coefficient (Wildman–Crippen LogP) is 4.67. The number of halogens is 1. The molecule has 2 rings (SSSR count). The number of morpholine rings is 1. The Morgan fingerprint density at radius 2 is 2.10 bits per heavy atom. The molecule has 1 amide bonds. The van der Waals surface area contributed by atoms with Crippen molar-refractivity contribution in [1.29, 1.82) is 5.26 Å². The molecule has 31 heavy (non-hydrogen) atoms. The van der Waals surface area contributed by atoms with E-state index in [1.54, 1.807) is 4.90 Å². The molecule has 0 aromatic carbocycles. The van der Waals surface area contributed by atoms with Gasteiger partial charge in [-0.3, -0.25) is 9.69 Å². The number of ether oxygens (including phenoxy) is 1. The summed E-state index contributed by atoms with van der Waals surface area (Å²) in [4.78, 5) is 17.4. The lowest BCUT2D eigenvalue weighted by Gasteiger charge is -2.34. The molecule has 6 heteroatoms. The molecular weight excluding hydrogens is 501 g/mol. The minimum atomic E-state index is -0.285. The van der Waals surface area contributed by atoms with Gasteiger partial charge in [0, 0.05) is 26.7 Å². The first kappa shape index (κ1) is 25.8. The smallest absolute Gasteiger partial charge is 0.264 e. The number of likely N-dealkylation sites (N-methyl/N-ethyl adjacent to an activating group) is 1. The van der Waals surface area contributed by atoms with E-state index in [2.05, 4.69) is 91.6 Å². The largest absolute Gasteiger partial charge is 0.379 e. The Balaban J connectivity index is 2.21. The van der Waals surface area contributed by atoms with Gasteiger partial charge < -0.3 is 9.64 Å². The van der Waals surface area contributed by atoms with Crippen molar-refractivity contribution in [2.45, 2.75) is 50.0 Å². The lowest BCUT2D eigenvalue weighted by Crippen LogP contribution is -2.42. The van der Waals surface area contributed by atoms with E-state index < -0.39 is 0 Å². The van der Waals surface area contributed by atoms with Crippen LogP contribution in [0.1, 0.15) is 40.5 Å². The van der Waals surface area contributed by atoms with Crippen LogP contribution in [-0.4, -0.2) is 65.1 Å². The Bertz CT molecular complexity index is 796. The van der Waals surface area contributed by atoms with Crippen molar-refractivity contribution in [2.75, 3.05) is 39.9 Å². The highest BCUT2D eigenvalue weighted by Gasteiger charge is 2.28. The Hall–Kier alpha value is -1.43. The van der Waals surface area contributed by atoms with E-state index in [4.69, 9.17) is 4.74 Å². The highest BCUT2D eigenvalue weighted by Crippen LogP contribution is 2.28. The minimum Gasteiger partial charge on any atom is -0.379 e. The quantitative estimate of drug-likeness (QED) is 0.196.